The highest BCUT2D eigenvalue weighted by atomic mass is 79.9. The molecule has 14 heavy (non-hydrogen) atoms. The van der Waals surface area contributed by atoms with E-state index >= 15 is 0 Å². The van der Waals surface area contributed by atoms with Crippen LogP contribution in [0, 0.1) is 6.92 Å². The van der Waals surface area contributed by atoms with Crippen LogP contribution in [0.4, 0.5) is 0 Å². The lowest BCUT2D eigenvalue weighted by atomic mass is 10.0. The van der Waals surface area contributed by atoms with Crippen molar-refractivity contribution in [2.75, 3.05) is 0 Å². The predicted octanol–water partition coefficient (Wildman–Crippen LogP) is 3.67. The van der Waals surface area contributed by atoms with E-state index < -0.39 is 10.6 Å². The number of aryl methyl sites for hydroxylation is 1. The van der Waals surface area contributed by atoms with Crippen LogP contribution in [0.3, 0.4) is 0 Å². The van der Waals surface area contributed by atoms with E-state index in [0.717, 1.165) is 15.6 Å². The van der Waals surface area contributed by atoms with Gasteiger partial charge in [0.25, 0.3) is 0 Å². The Balaban J connectivity index is 2.82. The van der Waals surface area contributed by atoms with E-state index in [-0.39, 0.29) is 0 Å². The number of hydrogen-bond donors (Lipinski definition) is 0. The van der Waals surface area contributed by atoms with Crippen molar-refractivity contribution in [2.45, 2.75) is 18.7 Å². The molecule has 1 aromatic carbocycles. The van der Waals surface area contributed by atoms with Gasteiger partial charge in [-0.3, -0.25) is 4.79 Å². The maximum absolute atomic E-state index is 10.8. The Labute approximate surface area is 102 Å². The summed E-state index contributed by atoms with van der Waals surface area (Å²) >= 11 is 14.4. The number of halogens is 3. The van der Waals surface area contributed by atoms with Gasteiger partial charge in [-0.1, -0.05) is 22.0 Å². The zero-order valence-electron chi connectivity index (χ0n) is 7.56. The first-order chi connectivity index (χ1) is 6.50. The van der Waals surface area contributed by atoms with E-state index in [2.05, 4.69) is 15.9 Å². The number of alkyl halides is 1. The van der Waals surface area contributed by atoms with E-state index in [9.17, 15) is 4.79 Å². The van der Waals surface area contributed by atoms with Crippen molar-refractivity contribution in [1.29, 1.82) is 0 Å². The molecule has 0 heterocycles. The van der Waals surface area contributed by atoms with Gasteiger partial charge in [0.1, 0.15) is 5.38 Å². The van der Waals surface area contributed by atoms with Crippen LogP contribution in [-0.4, -0.2) is 10.6 Å². The first-order valence-electron chi connectivity index (χ1n) is 4.09. The van der Waals surface area contributed by atoms with Crippen LogP contribution in [0.5, 0.6) is 0 Å². The summed E-state index contributed by atoms with van der Waals surface area (Å²) in [6, 6.07) is 5.84. The summed E-state index contributed by atoms with van der Waals surface area (Å²) in [5.74, 6) is 0. The third kappa shape index (κ3) is 3.26. The van der Waals surface area contributed by atoms with Crippen LogP contribution in [0.2, 0.25) is 0 Å². The van der Waals surface area contributed by atoms with Gasteiger partial charge in [-0.05, 0) is 48.2 Å². The second kappa shape index (κ2) is 5.15. The number of rotatable bonds is 3. The minimum absolute atomic E-state index is 0.475. The van der Waals surface area contributed by atoms with Crippen LogP contribution in [0.25, 0.3) is 0 Å². The molecule has 76 valence electrons. The number of hydrogen-bond acceptors (Lipinski definition) is 1. The van der Waals surface area contributed by atoms with Crippen LogP contribution in [0.1, 0.15) is 11.1 Å². The predicted molar refractivity (Wildman–Crippen MR) is 63.1 cm³/mol. The molecule has 0 N–H and O–H groups in total. The van der Waals surface area contributed by atoms with E-state index in [1.807, 2.05) is 25.1 Å². The SMILES string of the molecule is Cc1cc(Br)ccc1CC(Cl)C(=O)Cl. The van der Waals surface area contributed by atoms with Crippen LogP contribution >= 0.6 is 39.1 Å². The standard InChI is InChI=1S/C10H9BrCl2O/c1-6-4-8(11)3-2-7(6)5-9(12)10(13)14/h2-4,9H,5H2,1H3. The second-order valence-corrected chi connectivity index (χ2v) is 4.86. The Morgan fingerprint density at radius 2 is 2.21 bits per heavy atom. The molecule has 4 heteroatoms. The monoisotopic (exact) mass is 294 g/mol. The van der Waals surface area contributed by atoms with E-state index in [1.54, 1.807) is 0 Å². The Morgan fingerprint density at radius 1 is 1.57 bits per heavy atom. The highest BCUT2D eigenvalue weighted by Crippen LogP contribution is 2.19. The highest BCUT2D eigenvalue weighted by molar-refractivity contribution is 9.10. The maximum Gasteiger partial charge on any atom is 0.239 e. The average Bonchev–Trinajstić information content (AvgIpc) is 2.09. The maximum atomic E-state index is 10.8. The van der Waals surface area contributed by atoms with Gasteiger partial charge in [0.15, 0.2) is 0 Å². The Hall–Kier alpha value is -0.0500. The zero-order chi connectivity index (χ0) is 10.7. The van der Waals surface area contributed by atoms with Crippen molar-refractivity contribution >= 4 is 44.4 Å². The molecule has 0 saturated carbocycles. The zero-order valence-corrected chi connectivity index (χ0v) is 10.7. The molecule has 1 unspecified atom stereocenters. The molecule has 0 aliphatic heterocycles. The summed E-state index contributed by atoms with van der Waals surface area (Å²) in [5, 5.41) is -1.15. The van der Waals surface area contributed by atoms with Crippen LogP contribution in [0.15, 0.2) is 22.7 Å². The summed E-state index contributed by atoms with van der Waals surface area (Å²) in [6.07, 6.45) is 0.475. The summed E-state index contributed by atoms with van der Waals surface area (Å²) in [7, 11) is 0. The van der Waals surface area contributed by atoms with Crippen LogP contribution < -0.4 is 0 Å². The first kappa shape index (κ1) is 12.0. The lowest BCUT2D eigenvalue weighted by Gasteiger charge is -2.08. The van der Waals surface area contributed by atoms with Gasteiger partial charge in [0.2, 0.25) is 5.24 Å². The molecule has 0 aliphatic carbocycles. The molecule has 0 saturated heterocycles. The minimum Gasteiger partial charge on any atom is -0.280 e. The van der Waals surface area contributed by atoms with Gasteiger partial charge in [0, 0.05) is 4.47 Å². The van der Waals surface area contributed by atoms with Gasteiger partial charge in [-0.25, -0.2) is 0 Å². The molecule has 0 radical (unpaired) electrons. The Bertz CT molecular complexity index is 352. The fraction of sp³-hybridized carbons (Fsp3) is 0.300. The Kier molecular flexibility index (Phi) is 4.42. The average molecular weight is 296 g/mol. The van der Waals surface area contributed by atoms with Gasteiger partial charge < -0.3 is 0 Å². The quantitative estimate of drug-likeness (QED) is 0.614. The molecule has 0 aliphatic rings. The van der Waals surface area contributed by atoms with Crippen molar-refractivity contribution in [1.82, 2.24) is 0 Å². The number of benzene rings is 1. The summed E-state index contributed by atoms with van der Waals surface area (Å²) in [4.78, 5) is 10.8. The molecule has 0 spiro atoms. The summed E-state index contributed by atoms with van der Waals surface area (Å²) < 4.78 is 1.02. The van der Waals surface area contributed by atoms with Crippen molar-refractivity contribution in [2.24, 2.45) is 0 Å². The largest absolute Gasteiger partial charge is 0.280 e. The van der Waals surface area contributed by atoms with E-state index in [1.165, 1.54) is 0 Å². The molecule has 0 amide bonds. The third-order valence-corrected chi connectivity index (χ3v) is 3.17. The molecule has 1 aromatic rings. The summed E-state index contributed by atoms with van der Waals surface area (Å²) in [6.45, 7) is 1.97. The van der Waals surface area contributed by atoms with Crippen LogP contribution in [-0.2, 0) is 11.2 Å². The van der Waals surface area contributed by atoms with E-state index in [0.29, 0.717) is 6.42 Å². The van der Waals surface area contributed by atoms with Gasteiger partial charge >= 0.3 is 0 Å². The summed E-state index contributed by atoms with van der Waals surface area (Å²) in [5.41, 5.74) is 2.14. The molecule has 1 nitrogen and oxygen atoms in total. The van der Waals surface area contributed by atoms with Crippen molar-refractivity contribution in [3.05, 3.63) is 33.8 Å². The topological polar surface area (TPSA) is 17.1 Å². The lowest BCUT2D eigenvalue weighted by Crippen LogP contribution is -2.11. The van der Waals surface area contributed by atoms with Gasteiger partial charge in [-0.15, -0.1) is 11.6 Å². The first-order valence-corrected chi connectivity index (χ1v) is 5.70. The molecular formula is C10H9BrCl2O. The van der Waals surface area contributed by atoms with Gasteiger partial charge in [-0.2, -0.15) is 0 Å². The fourth-order valence-corrected chi connectivity index (χ4v) is 1.88. The molecule has 1 atom stereocenters. The van der Waals surface area contributed by atoms with E-state index in [4.69, 9.17) is 23.2 Å². The highest BCUT2D eigenvalue weighted by Gasteiger charge is 2.14. The van der Waals surface area contributed by atoms with Crippen molar-refractivity contribution in [3.63, 3.8) is 0 Å². The molecule has 0 aromatic heterocycles. The molecule has 1 rings (SSSR count). The molecule has 0 fully saturated rings. The molecule has 0 bridgehead atoms. The number of carbonyl (C=O) groups excluding carboxylic acids is 1. The smallest absolute Gasteiger partial charge is 0.239 e. The molecular weight excluding hydrogens is 287 g/mol. The minimum atomic E-state index is -0.642. The Morgan fingerprint density at radius 3 is 2.71 bits per heavy atom. The van der Waals surface area contributed by atoms with Crippen molar-refractivity contribution in [3.8, 4) is 0 Å². The second-order valence-electron chi connectivity index (χ2n) is 3.05. The van der Waals surface area contributed by atoms with Gasteiger partial charge in [0.05, 0.1) is 0 Å². The van der Waals surface area contributed by atoms with Crippen molar-refractivity contribution < 1.29 is 4.79 Å². The fourth-order valence-electron chi connectivity index (χ4n) is 1.16. The normalized spacial score (nSPS) is 12.6. The third-order valence-electron chi connectivity index (χ3n) is 1.95. The number of carbonyl (C=O) groups is 1. The lowest BCUT2D eigenvalue weighted by molar-refractivity contribution is -0.111.